The molecule has 7 nitrogen and oxygen atoms in total. The molecule has 2 aliphatic heterocycles. The largest absolute Gasteiger partial charge is 0.454 e. The number of ether oxygens (including phenoxy) is 2. The molecule has 4 rings (SSSR count). The molecule has 1 amide bonds. The average Bonchev–Trinajstić information content (AvgIpc) is 3.27. The molecule has 0 saturated heterocycles. The van der Waals surface area contributed by atoms with E-state index in [1.807, 2.05) is 36.4 Å². The van der Waals surface area contributed by atoms with Gasteiger partial charge in [0.25, 0.3) is 5.91 Å². The normalized spacial score (nSPS) is 16.6. The summed E-state index contributed by atoms with van der Waals surface area (Å²) in [5.74, 6) is 1.43. The van der Waals surface area contributed by atoms with E-state index in [1.165, 1.54) is 0 Å². The Labute approximate surface area is 150 Å². The predicted molar refractivity (Wildman–Crippen MR) is 97.0 cm³/mol. The first-order valence-electron chi connectivity index (χ1n) is 8.19. The highest BCUT2D eigenvalue weighted by Gasteiger charge is 2.25. The summed E-state index contributed by atoms with van der Waals surface area (Å²) in [6, 6.07) is 14.9. The number of hydrogen-bond donors (Lipinski definition) is 2. The molecule has 2 N–H and O–H groups in total. The van der Waals surface area contributed by atoms with Crippen LogP contribution in [0.15, 0.2) is 59.2 Å². The number of aliphatic hydroxyl groups is 1. The number of rotatable bonds is 4. The fourth-order valence-electron chi connectivity index (χ4n) is 2.81. The average molecular weight is 351 g/mol. The molecule has 0 atom stereocenters. The summed E-state index contributed by atoms with van der Waals surface area (Å²) in [5.41, 5.74) is 1.92. The standard InChI is InChI=1S/C19H17N3O4/c23-9-8-22(14-4-2-1-3-5-14)19-20-15(18(24)21-19)10-13-6-7-16-17(11-13)26-12-25-16/h1-7,10-11,23H,8-9,12H2,(H,20,21,24)/b15-10-. The van der Waals surface area contributed by atoms with E-state index in [9.17, 15) is 9.90 Å². The third kappa shape index (κ3) is 3.12. The van der Waals surface area contributed by atoms with Crippen molar-refractivity contribution in [2.75, 3.05) is 24.8 Å². The molecule has 2 aromatic rings. The van der Waals surface area contributed by atoms with Crippen LogP contribution in [0.2, 0.25) is 0 Å². The zero-order chi connectivity index (χ0) is 17.9. The molecule has 0 bridgehead atoms. The second-order valence-electron chi connectivity index (χ2n) is 5.74. The monoisotopic (exact) mass is 351 g/mol. The van der Waals surface area contributed by atoms with Gasteiger partial charge in [-0.2, -0.15) is 0 Å². The van der Waals surface area contributed by atoms with Crippen LogP contribution in [0.3, 0.4) is 0 Å². The number of carbonyl (C=O) groups excluding carboxylic acids is 1. The van der Waals surface area contributed by atoms with E-state index in [-0.39, 0.29) is 25.0 Å². The van der Waals surface area contributed by atoms with Gasteiger partial charge in [0.05, 0.1) is 6.61 Å². The summed E-state index contributed by atoms with van der Waals surface area (Å²) in [5, 5.41) is 12.1. The maximum Gasteiger partial charge on any atom is 0.276 e. The second-order valence-corrected chi connectivity index (χ2v) is 5.74. The number of guanidine groups is 1. The first-order valence-corrected chi connectivity index (χ1v) is 8.19. The van der Waals surface area contributed by atoms with Gasteiger partial charge in [0.15, 0.2) is 11.5 Å². The van der Waals surface area contributed by atoms with Crippen LogP contribution in [0, 0.1) is 0 Å². The molecule has 2 aromatic carbocycles. The number of anilines is 1. The molecule has 0 radical (unpaired) electrons. The predicted octanol–water partition coefficient (Wildman–Crippen LogP) is 1.74. The molecule has 26 heavy (non-hydrogen) atoms. The van der Waals surface area contributed by atoms with Gasteiger partial charge in [0, 0.05) is 12.2 Å². The molecule has 0 unspecified atom stereocenters. The summed E-state index contributed by atoms with van der Waals surface area (Å²) in [4.78, 5) is 18.5. The van der Waals surface area contributed by atoms with Gasteiger partial charge in [-0.3, -0.25) is 10.1 Å². The van der Waals surface area contributed by atoms with Crippen molar-refractivity contribution in [1.29, 1.82) is 0 Å². The molecule has 7 heteroatoms. The summed E-state index contributed by atoms with van der Waals surface area (Å²) in [6.45, 7) is 0.455. The summed E-state index contributed by atoms with van der Waals surface area (Å²) >= 11 is 0. The minimum absolute atomic E-state index is 0.0645. The number of aliphatic imine (C=N–C) groups is 1. The van der Waals surface area contributed by atoms with Crippen LogP contribution < -0.4 is 19.7 Å². The number of hydrogen-bond acceptors (Lipinski definition) is 6. The third-order valence-corrected chi connectivity index (χ3v) is 4.03. The summed E-state index contributed by atoms with van der Waals surface area (Å²) < 4.78 is 10.6. The molecule has 2 heterocycles. The van der Waals surface area contributed by atoms with Crippen molar-refractivity contribution in [1.82, 2.24) is 5.32 Å². The van der Waals surface area contributed by atoms with Gasteiger partial charge in [0.1, 0.15) is 5.70 Å². The highest BCUT2D eigenvalue weighted by atomic mass is 16.7. The van der Waals surface area contributed by atoms with Crippen LogP contribution in [0.4, 0.5) is 5.69 Å². The molecule has 0 fully saturated rings. The molecule has 0 saturated carbocycles. The van der Waals surface area contributed by atoms with Gasteiger partial charge in [0.2, 0.25) is 12.8 Å². The maximum atomic E-state index is 12.3. The number of benzene rings is 2. The van der Waals surface area contributed by atoms with Gasteiger partial charge in [-0.25, -0.2) is 4.99 Å². The van der Waals surface area contributed by atoms with Crippen molar-refractivity contribution >= 4 is 23.6 Å². The van der Waals surface area contributed by atoms with Crippen molar-refractivity contribution in [3.8, 4) is 11.5 Å². The van der Waals surface area contributed by atoms with Gasteiger partial charge >= 0.3 is 0 Å². The van der Waals surface area contributed by atoms with Crippen LogP contribution in [-0.4, -0.2) is 36.9 Å². The molecular weight excluding hydrogens is 334 g/mol. The Balaban J connectivity index is 1.63. The van der Waals surface area contributed by atoms with Gasteiger partial charge in [-0.1, -0.05) is 24.3 Å². The lowest BCUT2D eigenvalue weighted by atomic mass is 10.1. The topological polar surface area (TPSA) is 83.4 Å². The van der Waals surface area contributed by atoms with Crippen LogP contribution in [-0.2, 0) is 4.79 Å². The van der Waals surface area contributed by atoms with Gasteiger partial charge in [-0.05, 0) is 35.9 Å². The Hall–Kier alpha value is -3.32. The molecule has 0 aromatic heterocycles. The van der Waals surface area contributed by atoms with E-state index in [4.69, 9.17) is 9.47 Å². The van der Waals surface area contributed by atoms with Crippen molar-refractivity contribution in [2.24, 2.45) is 4.99 Å². The number of nitrogens with zero attached hydrogens (tertiary/aromatic N) is 2. The lowest BCUT2D eigenvalue weighted by Crippen LogP contribution is -2.42. The maximum absolute atomic E-state index is 12.3. The quantitative estimate of drug-likeness (QED) is 0.820. The van der Waals surface area contributed by atoms with Crippen LogP contribution >= 0.6 is 0 Å². The lowest BCUT2D eigenvalue weighted by molar-refractivity contribution is -0.115. The zero-order valence-corrected chi connectivity index (χ0v) is 13.9. The van der Waals surface area contributed by atoms with Gasteiger partial charge < -0.3 is 19.5 Å². The first-order chi connectivity index (χ1) is 12.7. The van der Waals surface area contributed by atoms with Crippen molar-refractivity contribution in [3.63, 3.8) is 0 Å². The fraction of sp³-hybridized carbons (Fsp3) is 0.158. The number of para-hydroxylation sites is 1. The van der Waals surface area contributed by atoms with E-state index < -0.39 is 0 Å². The highest BCUT2D eigenvalue weighted by Crippen LogP contribution is 2.33. The zero-order valence-electron chi connectivity index (χ0n) is 13.9. The second kappa shape index (κ2) is 6.89. The van der Waals surface area contributed by atoms with Crippen molar-refractivity contribution < 1.29 is 19.4 Å². The summed E-state index contributed by atoms with van der Waals surface area (Å²) in [6.07, 6.45) is 1.69. The minimum Gasteiger partial charge on any atom is -0.454 e. The number of nitrogens with one attached hydrogen (secondary N) is 1. The third-order valence-electron chi connectivity index (χ3n) is 4.03. The van der Waals surface area contributed by atoms with E-state index in [2.05, 4.69) is 10.3 Å². The highest BCUT2D eigenvalue weighted by molar-refractivity contribution is 6.18. The number of carbonyl (C=O) groups is 1. The Morgan fingerprint density at radius 1 is 1.15 bits per heavy atom. The lowest BCUT2D eigenvalue weighted by Gasteiger charge is -2.22. The minimum atomic E-state index is -0.295. The number of fused-ring (bicyclic) bond motifs is 1. The molecule has 0 aliphatic carbocycles. The van der Waals surface area contributed by atoms with E-state index in [1.54, 1.807) is 23.1 Å². The Bertz CT molecular complexity index is 893. The van der Waals surface area contributed by atoms with E-state index in [0.717, 1.165) is 11.3 Å². The summed E-state index contributed by atoms with van der Waals surface area (Å²) in [7, 11) is 0. The SMILES string of the molecule is O=C1NC(N(CCO)c2ccccc2)=N/C1=C\c1ccc2c(c1)OCO2. The van der Waals surface area contributed by atoms with Crippen LogP contribution in [0.25, 0.3) is 6.08 Å². The molecular formula is C19H17N3O4. The number of aliphatic hydroxyl groups excluding tert-OH is 1. The van der Waals surface area contributed by atoms with Crippen molar-refractivity contribution in [2.45, 2.75) is 0 Å². The Kier molecular flexibility index (Phi) is 4.28. The molecule has 2 aliphatic rings. The Morgan fingerprint density at radius 2 is 1.96 bits per heavy atom. The molecule has 0 spiro atoms. The smallest absolute Gasteiger partial charge is 0.276 e. The van der Waals surface area contributed by atoms with Crippen molar-refractivity contribution in [3.05, 3.63) is 59.8 Å². The van der Waals surface area contributed by atoms with Gasteiger partial charge in [-0.15, -0.1) is 0 Å². The number of amides is 1. The first kappa shape index (κ1) is 16.2. The Morgan fingerprint density at radius 3 is 2.77 bits per heavy atom. The molecule has 132 valence electrons. The fourth-order valence-corrected chi connectivity index (χ4v) is 2.81. The van der Waals surface area contributed by atoms with E-state index >= 15 is 0 Å². The van der Waals surface area contributed by atoms with Crippen LogP contribution in [0.1, 0.15) is 5.56 Å². The van der Waals surface area contributed by atoms with Crippen LogP contribution in [0.5, 0.6) is 11.5 Å². The van der Waals surface area contributed by atoms with E-state index in [0.29, 0.717) is 24.0 Å².